The number of nitrogens with zero attached hydrogens (tertiary/aromatic N) is 3. The molecule has 1 aromatic rings. The van der Waals surface area contributed by atoms with Gasteiger partial charge in [-0.25, -0.2) is 0 Å². The third-order valence-corrected chi connectivity index (χ3v) is 6.75. The summed E-state index contributed by atoms with van der Waals surface area (Å²) in [5.74, 6) is 2.51. The van der Waals surface area contributed by atoms with Crippen LogP contribution < -0.4 is 5.32 Å². The lowest BCUT2D eigenvalue weighted by Gasteiger charge is -2.26. The minimum Gasteiger partial charge on any atom is -0.374 e. The standard InChI is InChI=1S/C19H30N4OS.HI/c1-4-20-19(21-9-16(22(2)3)13-7-8-25-12-13)23-10-14-15(11-23)18-6-5-17(14)24-18;/h7-8,12,14-18H,4-6,9-11H2,1-3H3,(H,20,21);1H. The fourth-order valence-corrected chi connectivity index (χ4v) is 5.47. The highest BCUT2D eigenvalue weighted by molar-refractivity contribution is 14.0. The average Bonchev–Trinajstić information content (AvgIpc) is 3.34. The molecule has 4 rings (SSSR count). The maximum absolute atomic E-state index is 6.11. The van der Waals surface area contributed by atoms with Gasteiger partial charge in [-0.05, 0) is 56.3 Å². The lowest BCUT2D eigenvalue weighted by atomic mass is 9.82. The zero-order valence-corrected chi connectivity index (χ0v) is 19.1. The summed E-state index contributed by atoms with van der Waals surface area (Å²) in [6.45, 7) is 6.06. The maximum Gasteiger partial charge on any atom is 0.194 e. The van der Waals surface area contributed by atoms with Crippen molar-refractivity contribution in [1.29, 1.82) is 0 Å². The fraction of sp³-hybridized carbons (Fsp3) is 0.737. The van der Waals surface area contributed by atoms with Crippen LogP contribution in [0, 0.1) is 11.8 Å². The van der Waals surface area contributed by atoms with Crippen LogP contribution >= 0.6 is 35.3 Å². The van der Waals surface area contributed by atoms with E-state index in [0.29, 0.717) is 30.1 Å². The third kappa shape index (κ3) is 3.91. The minimum absolute atomic E-state index is 0. The lowest BCUT2D eigenvalue weighted by molar-refractivity contribution is 0.0767. The van der Waals surface area contributed by atoms with Gasteiger partial charge in [0.25, 0.3) is 0 Å². The van der Waals surface area contributed by atoms with Crippen molar-refractivity contribution < 1.29 is 4.74 Å². The van der Waals surface area contributed by atoms with Crippen LogP contribution in [0.15, 0.2) is 21.8 Å². The summed E-state index contributed by atoms with van der Waals surface area (Å²) in [4.78, 5) is 9.77. The first kappa shape index (κ1) is 20.4. The molecule has 7 heteroatoms. The van der Waals surface area contributed by atoms with Crippen molar-refractivity contribution in [1.82, 2.24) is 15.1 Å². The number of rotatable bonds is 5. The number of hydrogen-bond acceptors (Lipinski definition) is 4. The molecule has 5 unspecified atom stereocenters. The van der Waals surface area contributed by atoms with Crippen LogP contribution in [0.25, 0.3) is 0 Å². The zero-order valence-electron chi connectivity index (χ0n) is 15.9. The summed E-state index contributed by atoms with van der Waals surface area (Å²) in [5, 5.41) is 7.91. The SMILES string of the molecule is CCNC(=NCC(c1ccsc1)N(C)C)N1CC2C3CCC(O3)C2C1.I. The number of fused-ring (bicyclic) bond motifs is 5. The van der Waals surface area contributed by atoms with Gasteiger partial charge >= 0.3 is 0 Å². The van der Waals surface area contributed by atoms with Crippen molar-refractivity contribution in [3.63, 3.8) is 0 Å². The number of hydrogen-bond donors (Lipinski definition) is 1. The van der Waals surface area contributed by atoms with Crippen molar-refractivity contribution >= 4 is 41.3 Å². The van der Waals surface area contributed by atoms with Crippen molar-refractivity contribution in [3.8, 4) is 0 Å². The molecule has 1 N–H and O–H groups in total. The van der Waals surface area contributed by atoms with Gasteiger partial charge in [0.2, 0.25) is 0 Å². The van der Waals surface area contributed by atoms with E-state index in [1.165, 1.54) is 18.4 Å². The summed E-state index contributed by atoms with van der Waals surface area (Å²) in [6.07, 6.45) is 3.52. The van der Waals surface area contributed by atoms with Crippen LogP contribution in [0.4, 0.5) is 0 Å². The molecule has 3 saturated heterocycles. The molecule has 0 aliphatic carbocycles. The molecule has 1 aromatic heterocycles. The molecule has 3 aliphatic heterocycles. The molecule has 0 spiro atoms. The van der Waals surface area contributed by atoms with Gasteiger partial charge in [0.15, 0.2) is 5.96 Å². The number of likely N-dealkylation sites (N-methyl/N-ethyl adjacent to an activating group) is 1. The molecule has 26 heavy (non-hydrogen) atoms. The molecular formula is C19H31IN4OS. The van der Waals surface area contributed by atoms with E-state index >= 15 is 0 Å². The van der Waals surface area contributed by atoms with Crippen LogP contribution in [0.5, 0.6) is 0 Å². The predicted octanol–water partition coefficient (Wildman–Crippen LogP) is 3.04. The first-order valence-corrected chi connectivity index (χ1v) is 10.5. The zero-order chi connectivity index (χ0) is 17.4. The molecule has 0 radical (unpaired) electrons. The van der Waals surface area contributed by atoms with E-state index in [0.717, 1.165) is 32.1 Å². The van der Waals surface area contributed by atoms with Gasteiger partial charge < -0.3 is 19.9 Å². The lowest BCUT2D eigenvalue weighted by Crippen LogP contribution is -2.41. The van der Waals surface area contributed by atoms with Gasteiger partial charge in [0.1, 0.15) is 0 Å². The van der Waals surface area contributed by atoms with Gasteiger partial charge in [0, 0.05) is 31.5 Å². The number of nitrogens with one attached hydrogen (secondary N) is 1. The van der Waals surface area contributed by atoms with Gasteiger partial charge in [-0.2, -0.15) is 11.3 Å². The molecule has 0 amide bonds. The highest BCUT2D eigenvalue weighted by Gasteiger charge is 2.53. The Kier molecular flexibility index (Phi) is 6.85. The van der Waals surface area contributed by atoms with E-state index in [-0.39, 0.29) is 24.0 Å². The molecule has 5 nitrogen and oxygen atoms in total. The molecule has 3 fully saturated rings. The molecule has 2 bridgehead atoms. The normalized spacial score (nSPS) is 31.2. The smallest absolute Gasteiger partial charge is 0.194 e. The van der Waals surface area contributed by atoms with E-state index < -0.39 is 0 Å². The summed E-state index contributed by atoms with van der Waals surface area (Å²) < 4.78 is 6.11. The molecule has 0 saturated carbocycles. The van der Waals surface area contributed by atoms with Gasteiger partial charge in [-0.1, -0.05) is 0 Å². The van der Waals surface area contributed by atoms with E-state index in [2.05, 4.69) is 53.0 Å². The number of thiophene rings is 1. The topological polar surface area (TPSA) is 40.1 Å². The summed E-state index contributed by atoms with van der Waals surface area (Å²) >= 11 is 1.76. The largest absolute Gasteiger partial charge is 0.374 e. The Labute approximate surface area is 178 Å². The Morgan fingerprint density at radius 1 is 1.35 bits per heavy atom. The molecule has 0 aromatic carbocycles. The van der Waals surface area contributed by atoms with E-state index in [1.807, 2.05) is 0 Å². The minimum atomic E-state index is 0. The predicted molar refractivity (Wildman–Crippen MR) is 119 cm³/mol. The van der Waals surface area contributed by atoms with Crippen molar-refractivity contribution in [2.24, 2.45) is 16.8 Å². The van der Waals surface area contributed by atoms with Gasteiger partial charge in [-0.15, -0.1) is 24.0 Å². The van der Waals surface area contributed by atoms with E-state index in [4.69, 9.17) is 9.73 Å². The van der Waals surface area contributed by atoms with Crippen LogP contribution in [0.3, 0.4) is 0 Å². The van der Waals surface area contributed by atoms with Crippen LogP contribution in [-0.2, 0) is 4.74 Å². The average molecular weight is 490 g/mol. The number of halogens is 1. The fourth-order valence-electron chi connectivity index (χ4n) is 4.76. The molecule has 5 atom stereocenters. The molecule has 3 aliphatic rings. The monoisotopic (exact) mass is 490 g/mol. The number of likely N-dealkylation sites (tertiary alicyclic amines) is 1. The second-order valence-corrected chi connectivity index (χ2v) is 8.53. The summed E-state index contributed by atoms with van der Waals surface area (Å²) in [5.41, 5.74) is 1.36. The van der Waals surface area contributed by atoms with Crippen molar-refractivity contribution in [2.45, 2.75) is 38.0 Å². The van der Waals surface area contributed by atoms with Gasteiger partial charge in [-0.3, -0.25) is 4.99 Å². The molecule has 4 heterocycles. The van der Waals surface area contributed by atoms with Crippen LogP contribution in [0.1, 0.15) is 31.4 Å². The number of aliphatic imine (C=N–C) groups is 1. The Bertz CT molecular complexity index is 591. The Balaban J connectivity index is 0.00000196. The van der Waals surface area contributed by atoms with Crippen molar-refractivity contribution in [3.05, 3.63) is 22.4 Å². The highest BCUT2D eigenvalue weighted by atomic mass is 127. The van der Waals surface area contributed by atoms with Crippen LogP contribution in [0.2, 0.25) is 0 Å². The highest BCUT2D eigenvalue weighted by Crippen LogP contribution is 2.47. The molecule has 146 valence electrons. The quantitative estimate of drug-likeness (QED) is 0.392. The number of guanidine groups is 1. The number of ether oxygens (including phenoxy) is 1. The van der Waals surface area contributed by atoms with Gasteiger partial charge in [0.05, 0.1) is 24.8 Å². The first-order chi connectivity index (χ1) is 12.2. The van der Waals surface area contributed by atoms with Crippen molar-refractivity contribution in [2.75, 3.05) is 40.3 Å². The van der Waals surface area contributed by atoms with E-state index in [1.54, 1.807) is 11.3 Å². The molecular weight excluding hydrogens is 459 g/mol. The first-order valence-electron chi connectivity index (χ1n) is 9.54. The Morgan fingerprint density at radius 2 is 2.04 bits per heavy atom. The Morgan fingerprint density at radius 3 is 2.58 bits per heavy atom. The summed E-state index contributed by atoms with van der Waals surface area (Å²) in [7, 11) is 4.28. The second-order valence-electron chi connectivity index (χ2n) is 7.75. The Hall–Kier alpha value is -0.380. The summed E-state index contributed by atoms with van der Waals surface area (Å²) in [6, 6.07) is 2.55. The van der Waals surface area contributed by atoms with Crippen LogP contribution in [-0.4, -0.2) is 68.2 Å². The maximum atomic E-state index is 6.11. The third-order valence-electron chi connectivity index (χ3n) is 6.05. The second kappa shape index (κ2) is 8.75. The van der Waals surface area contributed by atoms with E-state index in [9.17, 15) is 0 Å².